The largest absolute Gasteiger partial charge is 0.456 e. The first kappa shape index (κ1) is 14.7. The molecule has 0 atom stereocenters. The van der Waals surface area contributed by atoms with E-state index in [1.165, 1.54) is 0 Å². The van der Waals surface area contributed by atoms with Crippen LogP contribution in [0.4, 0.5) is 10.1 Å². The molecule has 0 heterocycles. The molecule has 0 fully saturated rings. The number of halogens is 1. The van der Waals surface area contributed by atoms with E-state index in [1.54, 1.807) is 20.8 Å². The maximum Gasteiger partial charge on any atom is 0.339 e. The third-order valence-electron chi connectivity index (χ3n) is 2.04. The van der Waals surface area contributed by atoms with Crippen molar-refractivity contribution >= 4 is 17.7 Å². The lowest BCUT2D eigenvalue weighted by molar-refractivity contribution is -0.385. The van der Waals surface area contributed by atoms with E-state index in [0.29, 0.717) is 0 Å². The second-order valence-corrected chi connectivity index (χ2v) is 4.76. The Morgan fingerprint density at radius 3 is 2.32 bits per heavy atom. The Balaban J connectivity index is 3.19. The van der Waals surface area contributed by atoms with Crippen LogP contribution in [0.2, 0.25) is 0 Å². The van der Waals surface area contributed by atoms with Gasteiger partial charge in [-0.15, -0.1) is 0 Å². The van der Waals surface area contributed by atoms with Gasteiger partial charge < -0.3 is 4.74 Å². The van der Waals surface area contributed by atoms with Crippen LogP contribution in [0.25, 0.3) is 0 Å². The molecular formula is C12H12FNO5. The molecule has 0 aromatic heterocycles. The third-order valence-corrected chi connectivity index (χ3v) is 2.04. The van der Waals surface area contributed by atoms with Crippen molar-refractivity contribution in [2.75, 3.05) is 0 Å². The minimum Gasteiger partial charge on any atom is -0.456 e. The molecule has 0 amide bonds. The molecule has 102 valence electrons. The van der Waals surface area contributed by atoms with Crippen molar-refractivity contribution in [3.05, 3.63) is 39.4 Å². The number of nitrogens with zero attached hydrogens (tertiary/aromatic N) is 1. The Labute approximate surface area is 108 Å². The molecule has 0 bridgehead atoms. The number of rotatable bonds is 3. The zero-order valence-electron chi connectivity index (χ0n) is 10.6. The second-order valence-electron chi connectivity index (χ2n) is 4.76. The smallest absolute Gasteiger partial charge is 0.339 e. The highest BCUT2D eigenvalue weighted by Gasteiger charge is 2.24. The zero-order chi connectivity index (χ0) is 14.8. The van der Waals surface area contributed by atoms with Crippen LogP contribution in [-0.4, -0.2) is 22.5 Å². The summed E-state index contributed by atoms with van der Waals surface area (Å²) < 4.78 is 17.6. The quantitative estimate of drug-likeness (QED) is 0.364. The number of nitro groups is 1. The molecule has 0 unspecified atom stereocenters. The molecule has 7 heteroatoms. The number of ether oxygens (including phenoxy) is 1. The molecule has 0 saturated carbocycles. The number of hydrogen-bond acceptors (Lipinski definition) is 5. The van der Waals surface area contributed by atoms with Gasteiger partial charge in [-0.05, 0) is 32.9 Å². The normalized spacial score (nSPS) is 10.9. The van der Waals surface area contributed by atoms with Gasteiger partial charge in [0.15, 0.2) is 0 Å². The van der Waals surface area contributed by atoms with E-state index in [9.17, 15) is 24.1 Å². The highest BCUT2D eigenvalue weighted by atomic mass is 19.1. The van der Waals surface area contributed by atoms with Crippen LogP contribution in [0.15, 0.2) is 18.2 Å². The maximum absolute atomic E-state index is 12.6. The molecule has 1 aromatic rings. The summed E-state index contributed by atoms with van der Waals surface area (Å²) in [4.78, 5) is 32.1. The third kappa shape index (κ3) is 3.84. The number of benzene rings is 1. The van der Waals surface area contributed by atoms with Crippen LogP contribution in [-0.2, 0) is 4.74 Å². The molecule has 19 heavy (non-hydrogen) atoms. The van der Waals surface area contributed by atoms with Crippen molar-refractivity contribution in [2.45, 2.75) is 26.4 Å². The average molecular weight is 269 g/mol. The average Bonchev–Trinajstić information content (AvgIpc) is 2.25. The lowest BCUT2D eigenvalue weighted by Crippen LogP contribution is -2.24. The fourth-order valence-corrected chi connectivity index (χ4v) is 1.31. The maximum atomic E-state index is 12.6. The first-order chi connectivity index (χ1) is 8.61. The first-order valence-electron chi connectivity index (χ1n) is 5.33. The molecule has 1 rings (SSSR count). The van der Waals surface area contributed by atoms with Gasteiger partial charge in [0.2, 0.25) is 0 Å². The summed E-state index contributed by atoms with van der Waals surface area (Å²) in [5, 5.41) is 10.7. The Hall–Kier alpha value is -2.31. The highest BCUT2D eigenvalue weighted by Crippen LogP contribution is 2.23. The Morgan fingerprint density at radius 2 is 1.89 bits per heavy atom. The predicted molar refractivity (Wildman–Crippen MR) is 63.7 cm³/mol. The Morgan fingerprint density at radius 1 is 1.32 bits per heavy atom. The minimum atomic E-state index is -1.93. The predicted octanol–water partition coefficient (Wildman–Crippen LogP) is 2.66. The van der Waals surface area contributed by atoms with E-state index in [1.807, 2.05) is 0 Å². The molecule has 0 aliphatic carbocycles. The fourth-order valence-electron chi connectivity index (χ4n) is 1.31. The van der Waals surface area contributed by atoms with Gasteiger partial charge in [0, 0.05) is 6.07 Å². The van der Waals surface area contributed by atoms with Crippen LogP contribution < -0.4 is 0 Å². The second kappa shape index (κ2) is 5.13. The van der Waals surface area contributed by atoms with Crippen molar-refractivity contribution in [1.82, 2.24) is 0 Å². The zero-order valence-corrected chi connectivity index (χ0v) is 10.6. The summed E-state index contributed by atoms with van der Waals surface area (Å²) in [6.07, 6.45) is 0. The first-order valence-corrected chi connectivity index (χ1v) is 5.33. The van der Waals surface area contributed by atoms with Crippen LogP contribution in [0.3, 0.4) is 0 Å². The minimum absolute atomic E-state index is 0.119. The SMILES string of the molecule is CC(C)(C)OC(=O)c1ccc(C(=O)F)c([N+](=O)[O-])c1. The van der Waals surface area contributed by atoms with E-state index < -0.39 is 33.8 Å². The van der Waals surface area contributed by atoms with Crippen molar-refractivity contribution < 1.29 is 23.6 Å². The number of nitro benzene ring substituents is 1. The summed E-state index contributed by atoms with van der Waals surface area (Å²) in [5.41, 5.74) is -2.35. The van der Waals surface area contributed by atoms with E-state index >= 15 is 0 Å². The van der Waals surface area contributed by atoms with Crippen LogP contribution in [0.5, 0.6) is 0 Å². The van der Waals surface area contributed by atoms with Gasteiger partial charge in [0.05, 0.1) is 10.5 Å². The summed E-state index contributed by atoms with van der Waals surface area (Å²) >= 11 is 0. The summed E-state index contributed by atoms with van der Waals surface area (Å²) in [6.45, 7) is 4.91. The van der Waals surface area contributed by atoms with Gasteiger partial charge in [0.1, 0.15) is 11.2 Å². The Bertz CT molecular complexity index is 548. The Kier molecular flexibility index (Phi) is 3.98. The molecule has 0 aliphatic heterocycles. The summed E-state index contributed by atoms with van der Waals surface area (Å²) in [5.74, 6) is -0.784. The van der Waals surface area contributed by atoms with Gasteiger partial charge >= 0.3 is 12.0 Å². The summed E-state index contributed by atoms with van der Waals surface area (Å²) in [7, 11) is 0. The lowest BCUT2D eigenvalue weighted by Gasteiger charge is -2.19. The van der Waals surface area contributed by atoms with Crippen molar-refractivity contribution in [2.24, 2.45) is 0 Å². The molecule has 6 nitrogen and oxygen atoms in total. The fraction of sp³-hybridized carbons (Fsp3) is 0.333. The number of hydrogen-bond donors (Lipinski definition) is 0. The van der Waals surface area contributed by atoms with Crippen molar-refractivity contribution in [1.29, 1.82) is 0 Å². The van der Waals surface area contributed by atoms with Crippen LogP contribution >= 0.6 is 0 Å². The van der Waals surface area contributed by atoms with Crippen molar-refractivity contribution in [3.8, 4) is 0 Å². The van der Waals surface area contributed by atoms with E-state index in [0.717, 1.165) is 18.2 Å². The number of carbonyl (C=O) groups excluding carboxylic acids is 2. The molecular weight excluding hydrogens is 257 g/mol. The van der Waals surface area contributed by atoms with Crippen LogP contribution in [0.1, 0.15) is 41.5 Å². The van der Waals surface area contributed by atoms with Crippen LogP contribution in [0, 0.1) is 10.1 Å². The molecule has 0 spiro atoms. The summed E-state index contributed by atoms with van der Waals surface area (Å²) in [6, 6.07) is 0.886. The van der Waals surface area contributed by atoms with Gasteiger partial charge in [-0.2, -0.15) is 4.39 Å². The molecule has 0 N–H and O–H groups in total. The van der Waals surface area contributed by atoms with E-state index in [-0.39, 0.29) is 5.56 Å². The van der Waals surface area contributed by atoms with E-state index in [2.05, 4.69) is 0 Å². The lowest BCUT2D eigenvalue weighted by atomic mass is 10.1. The number of esters is 1. The van der Waals surface area contributed by atoms with Gasteiger partial charge in [-0.3, -0.25) is 14.9 Å². The van der Waals surface area contributed by atoms with Gasteiger partial charge in [-0.1, -0.05) is 0 Å². The van der Waals surface area contributed by atoms with E-state index in [4.69, 9.17) is 4.74 Å². The molecule has 0 radical (unpaired) electrons. The molecule has 0 saturated heterocycles. The topological polar surface area (TPSA) is 86.5 Å². The number of carbonyl (C=O) groups is 2. The molecule has 1 aromatic carbocycles. The van der Waals surface area contributed by atoms with Gasteiger partial charge in [0.25, 0.3) is 5.69 Å². The molecule has 0 aliphatic rings. The van der Waals surface area contributed by atoms with Gasteiger partial charge in [-0.25, -0.2) is 4.79 Å². The standard InChI is InChI=1S/C12H12FNO5/c1-12(2,3)19-11(16)7-4-5-8(10(13)15)9(6-7)14(17)18/h4-6H,1-3H3. The van der Waals surface area contributed by atoms with Crippen molar-refractivity contribution in [3.63, 3.8) is 0 Å². The highest BCUT2D eigenvalue weighted by molar-refractivity contribution is 5.96. The monoisotopic (exact) mass is 269 g/mol.